The summed E-state index contributed by atoms with van der Waals surface area (Å²) in [6, 6.07) is 23.4. The highest BCUT2D eigenvalue weighted by atomic mass is 32.1. The van der Waals surface area contributed by atoms with Crippen molar-refractivity contribution in [3.05, 3.63) is 89.6 Å². The van der Waals surface area contributed by atoms with E-state index in [0.717, 1.165) is 20.8 Å². The van der Waals surface area contributed by atoms with Crippen LogP contribution in [0.4, 0.5) is 11.4 Å². The second kappa shape index (κ2) is 8.60. The topological polar surface area (TPSA) is 107 Å². The molecule has 5 rings (SSSR count). The number of hydrogen-bond acceptors (Lipinski definition) is 7. The van der Waals surface area contributed by atoms with Crippen molar-refractivity contribution in [3.8, 4) is 11.1 Å². The Kier molecular flexibility index (Phi) is 5.35. The summed E-state index contributed by atoms with van der Waals surface area (Å²) < 4.78 is 6.77. The van der Waals surface area contributed by atoms with E-state index in [1.807, 2.05) is 24.3 Å². The number of fused-ring (bicyclic) bond motifs is 1. The first-order chi connectivity index (χ1) is 15.6. The maximum absolute atomic E-state index is 12.2. The summed E-state index contributed by atoms with van der Waals surface area (Å²) in [7, 11) is 0. The summed E-state index contributed by atoms with van der Waals surface area (Å²) in [6.45, 7) is 0. The van der Waals surface area contributed by atoms with Crippen molar-refractivity contribution in [1.82, 2.24) is 15.2 Å². The van der Waals surface area contributed by atoms with Gasteiger partial charge >= 0.3 is 0 Å². The Balaban J connectivity index is 1.25. The Morgan fingerprint density at radius 2 is 1.72 bits per heavy atom. The van der Waals surface area contributed by atoms with Crippen LogP contribution in [0.1, 0.15) is 16.8 Å². The number of benzene rings is 3. The van der Waals surface area contributed by atoms with Crippen LogP contribution >= 0.6 is 11.3 Å². The van der Waals surface area contributed by atoms with Crippen LogP contribution in [0.2, 0.25) is 0 Å². The lowest BCUT2D eigenvalue weighted by Gasteiger charge is -2.03. The van der Waals surface area contributed by atoms with Gasteiger partial charge in [0.25, 0.3) is 0 Å². The molecule has 0 fully saturated rings. The minimum absolute atomic E-state index is 0.00232. The molecule has 5 aromatic rings. The Bertz CT molecular complexity index is 1380. The number of carbonyl (C=O) groups excluding carboxylic acids is 1. The van der Waals surface area contributed by atoms with E-state index >= 15 is 0 Å². The monoisotopic (exact) mass is 441 g/mol. The predicted molar refractivity (Wildman–Crippen MR) is 125 cm³/mol. The van der Waals surface area contributed by atoms with Gasteiger partial charge in [0.2, 0.25) is 17.7 Å². The molecule has 32 heavy (non-hydrogen) atoms. The van der Waals surface area contributed by atoms with Gasteiger partial charge in [-0.2, -0.15) is 0 Å². The third-order valence-electron chi connectivity index (χ3n) is 4.86. The van der Waals surface area contributed by atoms with Gasteiger partial charge in [0.15, 0.2) is 0 Å². The van der Waals surface area contributed by atoms with E-state index in [0.29, 0.717) is 23.7 Å². The van der Waals surface area contributed by atoms with Crippen LogP contribution in [0.15, 0.2) is 77.2 Å². The molecule has 0 atom stereocenters. The van der Waals surface area contributed by atoms with Crippen LogP contribution in [-0.2, 0) is 17.6 Å². The Labute approximate surface area is 187 Å². The van der Waals surface area contributed by atoms with Crippen LogP contribution < -0.4 is 11.1 Å². The van der Waals surface area contributed by atoms with Gasteiger partial charge in [-0.3, -0.25) is 4.79 Å². The number of hydrogen-bond donors (Lipinski definition) is 2. The fourth-order valence-electron chi connectivity index (χ4n) is 3.33. The van der Waals surface area contributed by atoms with Gasteiger partial charge in [-0.15, -0.1) is 21.5 Å². The van der Waals surface area contributed by atoms with Gasteiger partial charge in [0.05, 0.1) is 16.6 Å². The Morgan fingerprint density at radius 3 is 2.53 bits per heavy atom. The van der Waals surface area contributed by atoms with Gasteiger partial charge in [-0.1, -0.05) is 36.4 Å². The number of amides is 1. The van der Waals surface area contributed by atoms with Crippen LogP contribution in [-0.4, -0.2) is 21.1 Å². The minimum atomic E-state index is -0.238. The summed E-state index contributed by atoms with van der Waals surface area (Å²) in [6.07, 6.45) is 0.421. The summed E-state index contributed by atoms with van der Waals surface area (Å²) in [5.41, 5.74) is 10.2. The minimum Gasteiger partial charge on any atom is -0.424 e. The molecule has 158 valence electrons. The third kappa shape index (κ3) is 4.50. The van der Waals surface area contributed by atoms with E-state index < -0.39 is 0 Å². The van der Waals surface area contributed by atoms with E-state index in [1.54, 1.807) is 35.6 Å². The van der Waals surface area contributed by atoms with E-state index in [2.05, 4.69) is 44.8 Å². The highest BCUT2D eigenvalue weighted by Gasteiger charge is 2.14. The quantitative estimate of drug-likeness (QED) is 0.370. The van der Waals surface area contributed by atoms with Gasteiger partial charge in [-0.25, -0.2) is 4.98 Å². The zero-order chi connectivity index (χ0) is 21.9. The number of thiazole rings is 1. The molecule has 0 spiro atoms. The van der Waals surface area contributed by atoms with Gasteiger partial charge < -0.3 is 15.5 Å². The molecule has 0 aliphatic carbocycles. The van der Waals surface area contributed by atoms with Crippen molar-refractivity contribution < 1.29 is 9.21 Å². The number of anilines is 2. The molecule has 3 aromatic carbocycles. The molecule has 0 radical (unpaired) electrons. The van der Waals surface area contributed by atoms with Gasteiger partial charge in [0, 0.05) is 11.4 Å². The average Bonchev–Trinajstić information content (AvgIpc) is 3.41. The highest BCUT2D eigenvalue weighted by Crippen LogP contribution is 2.29. The van der Waals surface area contributed by atoms with Crippen LogP contribution in [0.25, 0.3) is 21.3 Å². The Hall–Kier alpha value is -4.04. The van der Waals surface area contributed by atoms with E-state index in [9.17, 15) is 4.79 Å². The number of nitrogens with two attached hydrogens (primary N) is 1. The highest BCUT2D eigenvalue weighted by molar-refractivity contribution is 7.18. The number of rotatable bonds is 6. The number of nitrogen functional groups attached to an aromatic ring is 1. The molecule has 0 aliphatic heterocycles. The second-order valence-electron chi connectivity index (χ2n) is 7.27. The SMILES string of the molecule is Nc1ccc(NC(=O)Cc2nnc(Cc3nc4ccc(-c5ccccc5)cc4s3)o2)cc1. The first kappa shape index (κ1) is 19.9. The lowest BCUT2D eigenvalue weighted by atomic mass is 10.1. The maximum atomic E-state index is 12.2. The first-order valence-corrected chi connectivity index (χ1v) is 10.9. The molecule has 0 unspecified atom stereocenters. The third-order valence-corrected chi connectivity index (χ3v) is 5.88. The van der Waals surface area contributed by atoms with Crippen molar-refractivity contribution in [3.63, 3.8) is 0 Å². The molecule has 2 aromatic heterocycles. The van der Waals surface area contributed by atoms with E-state index in [4.69, 9.17) is 10.2 Å². The smallest absolute Gasteiger partial charge is 0.233 e. The molecule has 0 saturated heterocycles. The van der Waals surface area contributed by atoms with E-state index in [1.165, 1.54) is 5.56 Å². The molecule has 2 heterocycles. The summed E-state index contributed by atoms with van der Waals surface area (Å²) >= 11 is 1.60. The standard InChI is InChI=1S/C24H19N5O2S/c25-17-7-9-18(10-8-17)26-21(30)13-22-28-29-23(31-22)14-24-27-19-11-6-16(12-20(19)32-24)15-4-2-1-3-5-15/h1-12H,13-14,25H2,(H,26,30). The predicted octanol–water partition coefficient (Wildman–Crippen LogP) is 4.70. The van der Waals surface area contributed by atoms with Crippen molar-refractivity contribution >= 4 is 38.8 Å². The number of carbonyl (C=O) groups is 1. The lowest BCUT2D eigenvalue weighted by Crippen LogP contribution is -2.14. The number of nitrogens with zero attached hydrogens (tertiary/aromatic N) is 3. The average molecular weight is 442 g/mol. The molecule has 0 aliphatic rings. The zero-order valence-electron chi connectivity index (χ0n) is 17.0. The molecule has 7 nitrogen and oxygen atoms in total. The molecule has 0 bridgehead atoms. The van der Waals surface area contributed by atoms with Crippen LogP contribution in [0.3, 0.4) is 0 Å². The van der Waals surface area contributed by atoms with Crippen molar-refractivity contribution in [1.29, 1.82) is 0 Å². The van der Waals surface area contributed by atoms with Crippen molar-refractivity contribution in [2.45, 2.75) is 12.8 Å². The normalized spacial score (nSPS) is 11.0. The van der Waals surface area contributed by atoms with E-state index in [-0.39, 0.29) is 18.2 Å². The fourth-order valence-corrected chi connectivity index (χ4v) is 4.33. The number of aromatic nitrogens is 3. The Morgan fingerprint density at radius 1 is 0.938 bits per heavy atom. The second-order valence-corrected chi connectivity index (χ2v) is 8.38. The summed E-state index contributed by atoms with van der Waals surface area (Å²) in [4.78, 5) is 16.9. The van der Waals surface area contributed by atoms with Crippen LogP contribution in [0.5, 0.6) is 0 Å². The summed E-state index contributed by atoms with van der Waals surface area (Å²) in [5, 5.41) is 11.7. The molecule has 0 saturated carbocycles. The summed E-state index contributed by atoms with van der Waals surface area (Å²) in [5.74, 6) is 0.460. The maximum Gasteiger partial charge on any atom is 0.233 e. The first-order valence-electron chi connectivity index (χ1n) is 10.0. The van der Waals surface area contributed by atoms with Gasteiger partial charge in [-0.05, 0) is 47.5 Å². The molecular weight excluding hydrogens is 422 g/mol. The molecule has 3 N–H and O–H groups in total. The molecule has 8 heteroatoms. The van der Waals surface area contributed by atoms with Gasteiger partial charge in [0.1, 0.15) is 11.4 Å². The molecule has 1 amide bonds. The molecular formula is C24H19N5O2S. The fraction of sp³-hybridized carbons (Fsp3) is 0.0833. The largest absolute Gasteiger partial charge is 0.424 e. The van der Waals surface area contributed by atoms with Crippen LogP contribution in [0, 0.1) is 0 Å². The van der Waals surface area contributed by atoms with Crippen molar-refractivity contribution in [2.24, 2.45) is 0 Å². The lowest BCUT2D eigenvalue weighted by molar-refractivity contribution is -0.115. The number of nitrogens with one attached hydrogen (secondary N) is 1. The van der Waals surface area contributed by atoms with Crippen molar-refractivity contribution in [2.75, 3.05) is 11.1 Å². The zero-order valence-corrected chi connectivity index (χ0v) is 17.8.